The van der Waals surface area contributed by atoms with Crippen molar-refractivity contribution < 1.29 is 0 Å². The molecule has 104 valence electrons. The van der Waals surface area contributed by atoms with Crippen molar-refractivity contribution in [2.75, 3.05) is 5.73 Å². The Labute approximate surface area is 124 Å². The first-order valence-corrected chi connectivity index (χ1v) is 8.56. The molecule has 0 fully saturated rings. The lowest BCUT2D eigenvalue weighted by Gasteiger charge is -2.19. The van der Waals surface area contributed by atoms with Gasteiger partial charge in [0.15, 0.2) is 0 Å². The molecule has 1 aromatic heterocycles. The fourth-order valence-electron chi connectivity index (χ4n) is 3.82. The van der Waals surface area contributed by atoms with E-state index in [1.165, 1.54) is 54.5 Å². The Balaban J connectivity index is 1.83. The second-order valence-corrected chi connectivity index (χ2v) is 7.56. The molecule has 0 spiro atoms. The van der Waals surface area contributed by atoms with Crippen LogP contribution in [0.3, 0.4) is 0 Å². The van der Waals surface area contributed by atoms with Crippen molar-refractivity contribution in [3.8, 4) is 11.1 Å². The standard InChI is InChI=1S/C18H21NS/c1-11-5-8-15-16(9-11)20-18(19)17(15)14-7-6-12-3-2-4-13(12)10-14/h6-7,10-11H,2-5,8-9,19H2,1H3. The van der Waals surface area contributed by atoms with E-state index in [0.29, 0.717) is 0 Å². The summed E-state index contributed by atoms with van der Waals surface area (Å²) in [5.74, 6) is 0.813. The highest BCUT2D eigenvalue weighted by atomic mass is 32.1. The number of benzene rings is 1. The Morgan fingerprint density at radius 3 is 2.90 bits per heavy atom. The molecular formula is C18H21NS. The average molecular weight is 283 g/mol. The van der Waals surface area contributed by atoms with Gasteiger partial charge in [-0.2, -0.15) is 0 Å². The number of hydrogen-bond donors (Lipinski definition) is 1. The van der Waals surface area contributed by atoms with Gasteiger partial charge in [-0.25, -0.2) is 0 Å². The highest BCUT2D eigenvalue weighted by Crippen LogP contribution is 2.44. The summed E-state index contributed by atoms with van der Waals surface area (Å²) in [6.45, 7) is 2.36. The minimum absolute atomic E-state index is 0.813. The molecule has 1 nitrogen and oxygen atoms in total. The molecule has 2 N–H and O–H groups in total. The summed E-state index contributed by atoms with van der Waals surface area (Å²) in [6.07, 6.45) is 7.54. The van der Waals surface area contributed by atoms with E-state index in [-0.39, 0.29) is 0 Å². The molecule has 0 bridgehead atoms. The predicted molar refractivity (Wildman–Crippen MR) is 87.4 cm³/mol. The number of fused-ring (bicyclic) bond motifs is 2. The minimum Gasteiger partial charge on any atom is -0.390 e. The van der Waals surface area contributed by atoms with Crippen molar-refractivity contribution >= 4 is 16.3 Å². The van der Waals surface area contributed by atoms with Gasteiger partial charge in [-0.05, 0) is 66.7 Å². The molecule has 0 amide bonds. The van der Waals surface area contributed by atoms with Gasteiger partial charge >= 0.3 is 0 Å². The molecule has 0 saturated carbocycles. The van der Waals surface area contributed by atoms with Crippen LogP contribution in [0.1, 0.15) is 41.3 Å². The van der Waals surface area contributed by atoms with Gasteiger partial charge in [0.1, 0.15) is 0 Å². The molecule has 2 heteroatoms. The van der Waals surface area contributed by atoms with Crippen molar-refractivity contribution in [1.82, 2.24) is 0 Å². The smallest absolute Gasteiger partial charge is 0.0941 e. The summed E-state index contributed by atoms with van der Waals surface area (Å²) in [5.41, 5.74) is 13.7. The predicted octanol–water partition coefficient (Wildman–Crippen LogP) is 4.61. The first-order valence-electron chi connectivity index (χ1n) is 7.74. The highest BCUT2D eigenvalue weighted by Gasteiger charge is 2.24. The Kier molecular flexibility index (Phi) is 2.88. The maximum Gasteiger partial charge on any atom is 0.0941 e. The summed E-state index contributed by atoms with van der Waals surface area (Å²) in [6, 6.07) is 7.02. The lowest BCUT2D eigenvalue weighted by atomic mass is 9.86. The van der Waals surface area contributed by atoms with Crippen molar-refractivity contribution in [3.63, 3.8) is 0 Å². The lowest BCUT2D eigenvalue weighted by Crippen LogP contribution is -2.09. The van der Waals surface area contributed by atoms with E-state index in [9.17, 15) is 0 Å². The molecule has 0 saturated heterocycles. The molecule has 4 rings (SSSR count). The van der Waals surface area contributed by atoms with Crippen LogP contribution in [-0.4, -0.2) is 0 Å². The fraction of sp³-hybridized carbons (Fsp3) is 0.444. The minimum atomic E-state index is 0.813. The molecule has 20 heavy (non-hydrogen) atoms. The zero-order valence-electron chi connectivity index (χ0n) is 12.0. The zero-order chi connectivity index (χ0) is 13.7. The fourth-order valence-corrected chi connectivity index (χ4v) is 5.12. The lowest BCUT2D eigenvalue weighted by molar-refractivity contribution is 0.508. The van der Waals surface area contributed by atoms with Crippen LogP contribution < -0.4 is 5.73 Å². The highest BCUT2D eigenvalue weighted by molar-refractivity contribution is 7.16. The van der Waals surface area contributed by atoms with Gasteiger partial charge in [-0.1, -0.05) is 25.1 Å². The van der Waals surface area contributed by atoms with E-state index in [0.717, 1.165) is 10.9 Å². The third kappa shape index (κ3) is 1.89. The van der Waals surface area contributed by atoms with Crippen molar-refractivity contribution in [3.05, 3.63) is 39.8 Å². The third-order valence-electron chi connectivity index (χ3n) is 4.93. The van der Waals surface area contributed by atoms with Gasteiger partial charge < -0.3 is 5.73 Å². The Morgan fingerprint density at radius 1 is 1.15 bits per heavy atom. The number of aryl methyl sites for hydroxylation is 2. The Bertz CT molecular complexity index is 668. The number of nitrogens with two attached hydrogens (primary N) is 1. The van der Waals surface area contributed by atoms with Gasteiger partial charge in [0.25, 0.3) is 0 Å². The van der Waals surface area contributed by atoms with Crippen LogP contribution >= 0.6 is 11.3 Å². The summed E-state index contributed by atoms with van der Waals surface area (Å²) < 4.78 is 0. The van der Waals surface area contributed by atoms with E-state index in [1.807, 2.05) is 11.3 Å². The quantitative estimate of drug-likeness (QED) is 0.812. The van der Waals surface area contributed by atoms with E-state index < -0.39 is 0 Å². The molecule has 0 aliphatic heterocycles. The zero-order valence-corrected chi connectivity index (χ0v) is 12.9. The molecule has 1 atom stereocenters. The van der Waals surface area contributed by atoms with E-state index in [4.69, 9.17) is 5.73 Å². The average Bonchev–Trinajstić information content (AvgIpc) is 3.00. The van der Waals surface area contributed by atoms with Crippen LogP contribution in [0.5, 0.6) is 0 Å². The molecule has 1 heterocycles. The molecule has 1 aromatic carbocycles. The van der Waals surface area contributed by atoms with Crippen LogP contribution in [0.2, 0.25) is 0 Å². The number of hydrogen-bond acceptors (Lipinski definition) is 2. The van der Waals surface area contributed by atoms with Crippen LogP contribution in [0.25, 0.3) is 11.1 Å². The van der Waals surface area contributed by atoms with E-state index in [1.54, 1.807) is 16.7 Å². The maximum absolute atomic E-state index is 6.36. The summed E-state index contributed by atoms with van der Waals surface area (Å²) >= 11 is 1.83. The summed E-state index contributed by atoms with van der Waals surface area (Å²) in [7, 11) is 0. The van der Waals surface area contributed by atoms with Gasteiger partial charge in [0.05, 0.1) is 5.00 Å². The molecule has 0 radical (unpaired) electrons. The summed E-state index contributed by atoms with van der Waals surface area (Å²) in [4.78, 5) is 1.54. The second-order valence-electron chi connectivity index (χ2n) is 6.43. The molecular weight excluding hydrogens is 262 g/mol. The van der Waals surface area contributed by atoms with Crippen LogP contribution in [0.15, 0.2) is 18.2 Å². The molecule has 1 unspecified atom stereocenters. The molecule has 2 aliphatic carbocycles. The van der Waals surface area contributed by atoms with Gasteiger partial charge in [-0.15, -0.1) is 11.3 Å². The third-order valence-corrected chi connectivity index (χ3v) is 6.01. The van der Waals surface area contributed by atoms with E-state index >= 15 is 0 Å². The molecule has 2 aliphatic rings. The maximum atomic E-state index is 6.36. The van der Waals surface area contributed by atoms with Crippen molar-refractivity contribution in [2.45, 2.75) is 45.4 Å². The number of nitrogen functional groups attached to an aromatic ring is 1. The van der Waals surface area contributed by atoms with Crippen molar-refractivity contribution in [1.29, 1.82) is 0 Å². The number of rotatable bonds is 1. The van der Waals surface area contributed by atoms with Gasteiger partial charge in [0, 0.05) is 10.4 Å². The second kappa shape index (κ2) is 4.63. The van der Waals surface area contributed by atoms with Crippen LogP contribution in [-0.2, 0) is 25.7 Å². The largest absolute Gasteiger partial charge is 0.390 e. The first-order chi connectivity index (χ1) is 9.72. The first kappa shape index (κ1) is 12.5. The monoisotopic (exact) mass is 283 g/mol. The molecule has 2 aromatic rings. The SMILES string of the molecule is CC1CCc2c(sc(N)c2-c2ccc3c(c2)CCC3)C1. The summed E-state index contributed by atoms with van der Waals surface area (Å²) in [5, 5.41) is 1.03. The van der Waals surface area contributed by atoms with Crippen LogP contribution in [0, 0.1) is 5.92 Å². The number of anilines is 1. The van der Waals surface area contributed by atoms with E-state index in [2.05, 4.69) is 25.1 Å². The van der Waals surface area contributed by atoms with Gasteiger partial charge in [-0.3, -0.25) is 0 Å². The topological polar surface area (TPSA) is 26.0 Å². The van der Waals surface area contributed by atoms with Gasteiger partial charge in [0.2, 0.25) is 0 Å². The Hall–Kier alpha value is -1.28. The Morgan fingerprint density at radius 2 is 2.00 bits per heavy atom. The normalized spacial score (nSPS) is 20.8. The van der Waals surface area contributed by atoms with Crippen molar-refractivity contribution in [2.24, 2.45) is 5.92 Å². The number of thiophene rings is 1. The van der Waals surface area contributed by atoms with Crippen LogP contribution in [0.4, 0.5) is 5.00 Å².